The van der Waals surface area contributed by atoms with Gasteiger partial charge in [-0.1, -0.05) is 23.7 Å². The Balaban J connectivity index is 2.36. The van der Waals surface area contributed by atoms with Crippen molar-refractivity contribution in [1.82, 2.24) is 0 Å². The third kappa shape index (κ3) is 3.15. The van der Waals surface area contributed by atoms with Crippen LogP contribution in [0.5, 0.6) is 11.5 Å². The number of hydrogen-bond acceptors (Lipinski definition) is 2. The number of rotatable bonds is 3. The van der Waals surface area contributed by atoms with Crippen LogP contribution in [-0.2, 0) is 0 Å². The summed E-state index contributed by atoms with van der Waals surface area (Å²) >= 11 is 5.99. The minimum absolute atomic E-state index is 0.0231. The molecule has 2 aromatic carbocycles. The Hall–Kier alpha value is -1.80. The first-order valence-corrected chi connectivity index (χ1v) is 6.41. The molecule has 98 valence electrons. The molecular formula is C16H15ClO2. The summed E-state index contributed by atoms with van der Waals surface area (Å²) in [5.74, 6) is 1.46. The number of Topliss-reactive ketones (excluding diaryl/α,β-unsaturated/α-hetero) is 1. The number of ether oxygens (including phenoxy) is 1. The molecule has 0 atom stereocenters. The molecule has 0 fully saturated rings. The smallest absolute Gasteiger partial charge is 0.159 e. The topological polar surface area (TPSA) is 26.3 Å². The first kappa shape index (κ1) is 13.6. The molecule has 0 aromatic heterocycles. The molecule has 0 N–H and O–H groups in total. The van der Waals surface area contributed by atoms with Crippen LogP contribution in [0.25, 0.3) is 0 Å². The predicted octanol–water partition coefficient (Wildman–Crippen LogP) is 4.95. The maximum absolute atomic E-state index is 11.4. The average molecular weight is 275 g/mol. The zero-order valence-electron chi connectivity index (χ0n) is 11.2. The molecule has 19 heavy (non-hydrogen) atoms. The van der Waals surface area contributed by atoms with Crippen molar-refractivity contribution in [3.8, 4) is 11.5 Å². The summed E-state index contributed by atoms with van der Waals surface area (Å²) in [7, 11) is 0. The van der Waals surface area contributed by atoms with Gasteiger partial charge in [-0.15, -0.1) is 0 Å². The zero-order valence-corrected chi connectivity index (χ0v) is 11.9. The Morgan fingerprint density at radius 2 is 1.74 bits per heavy atom. The Morgan fingerprint density at radius 1 is 1.11 bits per heavy atom. The zero-order chi connectivity index (χ0) is 14.0. The van der Waals surface area contributed by atoms with E-state index in [0.29, 0.717) is 16.3 Å². The fourth-order valence-electron chi connectivity index (χ4n) is 1.95. The van der Waals surface area contributed by atoms with Crippen LogP contribution in [0.1, 0.15) is 28.4 Å². The third-order valence-corrected chi connectivity index (χ3v) is 3.10. The molecular weight excluding hydrogens is 260 g/mol. The number of ketones is 1. The van der Waals surface area contributed by atoms with E-state index in [9.17, 15) is 4.79 Å². The van der Waals surface area contributed by atoms with Gasteiger partial charge >= 0.3 is 0 Å². The van der Waals surface area contributed by atoms with Gasteiger partial charge in [-0.05, 0) is 56.2 Å². The van der Waals surface area contributed by atoms with Crippen LogP contribution in [0, 0.1) is 13.8 Å². The van der Waals surface area contributed by atoms with Gasteiger partial charge in [0.15, 0.2) is 5.78 Å². The first-order valence-electron chi connectivity index (χ1n) is 6.03. The summed E-state index contributed by atoms with van der Waals surface area (Å²) in [4.78, 5) is 11.4. The summed E-state index contributed by atoms with van der Waals surface area (Å²) < 4.78 is 5.87. The fourth-order valence-corrected chi connectivity index (χ4v) is 2.28. The Kier molecular flexibility index (Phi) is 3.91. The molecule has 0 saturated heterocycles. The summed E-state index contributed by atoms with van der Waals surface area (Å²) in [5.41, 5.74) is 2.58. The second-order valence-electron chi connectivity index (χ2n) is 4.55. The maximum Gasteiger partial charge on any atom is 0.159 e. The number of carbonyl (C=O) groups is 1. The van der Waals surface area contributed by atoms with E-state index in [-0.39, 0.29) is 5.78 Å². The molecule has 3 heteroatoms. The van der Waals surface area contributed by atoms with Crippen molar-refractivity contribution in [2.45, 2.75) is 20.8 Å². The fraction of sp³-hybridized carbons (Fsp3) is 0.188. The van der Waals surface area contributed by atoms with E-state index in [1.807, 2.05) is 38.1 Å². The molecule has 2 nitrogen and oxygen atoms in total. The summed E-state index contributed by atoms with van der Waals surface area (Å²) in [6, 6.07) is 10.9. The van der Waals surface area contributed by atoms with Crippen LogP contribution in [0.15, 0.2) is 36.4 Å². The van der Waals surface area contributed by atoms with Crippen molar-refractivity contribution >= 4 is 17.4 Å². The van der Waals surface area contributed by atoms with Crippen molar-refractivity contribution in [2.24, 2.45) is 0 Å². The number of benzene rings is 2. The summed E-state index contributed by atoms with van der Waals surface area (Å²) in [6.45, 7) is 5.43. The van der Waals surface area contributed by atoms with Gasteiger partial charge in [0.25, 0.3) is 0 Å². The molecule has 0 heterocycles. The number of halogens is 1. The Labute approximate surface area is 118 Å². The Bertz CT molecular complexity index is 609. The largest absolute Gasteiger partial charge is 0.457 e. The molecule has 0 aliphatic rings. The highest BCUT2D eigenvalue weighted by Crippen LogP contribution is 2.31. The van der Waals surface area contributed by atoms with Crippen molar-refractivity contribution in [1.29, 1.82) is 0 Å². The van der Waals surface area contributed by atoms with Crippen molar-refractivity contribution in [2.75, 3.05) is 0 Å². The molecule has 0 bridgehead atoms. The van der Waals surface area contributed by atoms with E-state index in [4.69, 9.17) is 16.3 Å². The lowest BCUT2D eigenvalue weighted by Gasteiger charge is -2.12. The average Bonchev–Trinajstić information content (AvgIpc) is 2.34. The van der Waals surface area contributed by atoms with Crippen LogP contribution in [0.2, 0.25) is 5.02 Å². The van der Waals surface area contributed by atoms with Gasteiger partial charge in [0.1, 0.15) is 11.5 Å². The standard InChI is InChI=1S/C16H15ClO2/c1-10-7-14(17)8-11(2)16(10)19-15-6-4-5-13(9-15)12(3)18/h4-9H,1-3H3. The van der Waals surface area contributed by atoms with Gasteiger partial charge in [0, 0.05) is 10.6 Å². The normalized spacial score (nSPS) is 10.3. The van der Waals surface area contributed by atoms with Crippen LogP contribution in [-0.4, -0.2) is 5.78 Å². The van der Waals surface area contributed by atoms with Gasteiger partial charge in [-0.2, -0.15) is 0 Å². The van der Waals surface area contributed by atoms with E-state index in [1.54, 1.807) is 12.1 Å². The van der Waals surface area contributed by atoms with E-state index < -0.39 is 0 Å². The lowest BCUT2D eigenvalue weighted by molar-refractivity contribution is 0.101. The number of aryl methyl sites for hydroxylation is 2. The van der Waals surface area contributed by atoms with Crippen LogP contribution in [0.3, 0.4) is 0 Å². The van der Waals surface area contributed by atoms with Crippen molar-refractivity contribution in [3.63, 3.8) is 0 Å². The highest BCUT2D eigenvalue weighted by Gasteiger charge is 2.08. The quantitative estimate of drug-likeness (QED) is 0.740. The molecule has 0 amide bonds. The summed E-state index contributed by atoms with van der Waals surface area (Å²) in [6.07, 6.45) is 0. The SMILES string of the molecule is CC(=O)c1cccc(Oc2c(C)cc(Cl)cc2C)c1. The second-order valence-corrected chi connectivity index (χ2v) is 4.99. The lowest BCUT2D eigenvalue weighted by atomic mass is 10.1. The van der Waals surface area contributed by atoms with E-state index in [0.717, 1.165) is 16.9 Å². The van der Waals surface area contributed by atoms with Crippen molar-refractivity contribution in [3.05, 3.63) is 58.1 Å². The molecule has 0 aliphatic carbocycles. The number of carbonyl (C=O) groups excluding carboxylic acids is 1. The first-order chi connectivity index (χ1) is 8.97. The molecule has 0 unspecified atom stereocenters. The van der Waals surface area contributed by atoms with Gasteiger partial charge in [-0.3, -0.25) is 4.79 Å². The maximum atomic E-state index is 11.4. The molecule has 2 aromatic rings. The highest BCUT2D eigenvalue weighted by atomic mass is 35.5. The van der Waals surface area contributed by atoms with Crippen molar-refractivity contribution < 1.29 is 9.53 Å². The lowest BCUT2D eigenvalue weighted by Crippen LogP contribution is -1.95. The second kappa shape index (κ2) is 5.45. The summed E-state index contributed by atoms with van der Waals surface area (Å²) in [5, 5.41) is 0.694. The minimum atomic E-state index is 0.0231. The number of hydrogen-bond donors (Lipinski definition) is 0. The Morgan fingerprint density at radius 3 is 2.32 bits per heavy atom. The van der Waals surface area contributed by atoms with Gasteiger partial charge in [0.2, 0.25) is 0 Å². The van der Waals surface area contributed by atoms with Gasteiger partial charge in [-0.25, -0.2) is 0 Å². The minimum Gasteiger partial charge on any atom is -0.457 e. The van der Waals surface area contributed by atoms with Crippen LogP contribution < -0.4 is 4.74 Å². The van der Waals surface area contributed by atoms with Crippen LogP contribution in [0.4, 0.5) is 0 Å². The molecule has 0 radical (unpaired) electrons. The third-order valence-electron chi connectivity index (χ3n) is 2.89. The molecule has 0 saturated carbocycles. The van der Waals surface area contributed by atoms with E-state index >= 15 is 0 Å². The van der Waals surface area contributed by atoms with Gasteiger partial charge in [0.05, 0.1) is 0 Å². The van der Waals surface area contributed by atoms with E-state index in [1.165, 1.54) is 6.92 Å². The van der Waals surface area contributed by atoms with Crippen LogP contribution >= 0.6 is 11.6 Å². The predicted molar refractivity (Wildman–Crippen MR) is 77.4 cm³/mol. The molecule has 0 aliphatic heterocycles. The van der Waals surface area contributed by atoms with E-state index in [2.05, 4.69) is 0 Å². The highest BCUT2D eigenvalue weighted by molar-refractivity contribution is 6.30. The van der Waals surface area contributed by atoms with Gasteiger partial charge < -0.3 is 4.74 Å². The molecule has 2 rings (SSSR count). The molecule has 0 spiro atoms. The monoisotopic (exact) mass is 274 g/mol.